The first-order valence-electron chi connectivity index (χ1n) is 11.0. The first-order valence-corrected chi connectivity index (χ1v) is 11.0. The zero-order valence-corrected chi connectivity index (χ0v) is 18.7. The molecule has 1 aromatic carbocycles. The summed E-state index contributed by atoms with van der Waals surface area (Å²) >= 11 is 0. The largest absolute Gasteiger partial charge is 0.468 e. The van der Waals surface area contributed by atoms with Crippen molar-refractivity contribution in [1.82, 2.24) is 20.2 Å². The van der Waals surface area contributed by atoms with E-state index in [1.165, 1.54) is 7.11 Å². The van der Waals surface area contributed by atoms with Gasteiger partial charge in [-0.1, -0.05) is 20.8 Å². The van der Waals surface area contributed by atoms with Crippen molar-refractivity contribution in [2.75, 3.05) is 13.7 Å². The molecule has 1 fully saturated rings. The number of rotatable bonds is 10. The van der Waals surface area contributed by atoms with Gasteiger partial charge >= 0.3 is 5.97 Å². The van der Waals surface area contributed by atoms with Crippen LogP contribution in [0.25, 0.3) is 11.0 Å². The standard InChI is InChI=1S/C23H32N4O4/c1-5-6-20(28)25-18(11-14(2)3)22-26-17-12-15(23(30)24-13-21(29)31-4)7-10-19(17)27(22)16-8-9-16/h7,10,12,14,16,18H,5-6,8-9,11,13H2,1-4H3,(H,24,30)(H,25,28). The molecule has 1 heterocycles. The SMILES string of the molecule is CCCC(=O)NC(CC(C)C)c1nc2cc(C(=O)NCC(=O)OC)ccc2n1C1CC1. The summed E-state index contributed by atoms with van der Waals surface area (Å²) in [4.78, 5) is 41.0. The van der Waals surface area contributed by atoms with Crippen LogP contribution >= 0.6 is 0 Å². The van der Waals surface area contributed by atoms with Crippen molar-refractivity contribution in [2.45, 2.75) is 65.0 Å². The fourth-order valence-corrected chi connectivity index (χ4v) is 3.74. The molecule has 8 nitrogen and oxygen atoms in total. The molecule has 1 saturated carbocycles. The minimum Gasteiger partial charge on any atom is -0.468 e. The maximum absolute atomic E-state index is 12.4. The minimum absolute atomic E-state index is 0.0328. The van der Waals surface area contributed by atoms with Crippen LogP contribution in [0.4, 0.5) is 0 Å². The van der Waals surface area contributed by atoms with Gasteiger partial charge < -0.3 is 19.9 Å². The lowest BCUT2D eigenvalue weighted by atomic mass is 10.0. The lowest BCUT2D eigenvalue weighted by molar-refractivity contribution is -0.139. The Kier molecular flexibility index (Phi) is 7.30. The highest BCUT2D eigenvalue weighted by Crippen LogP contribution is 2.41. The topological polar surface area (TPSA) is 102 Å². The number of amides is 2. The van der Waals surface area contributed by atoms with Gasteiger partial charge in [0, 0.05) is 18.0 Å². The molecule has 2 aromatic rings. The minimum atomic E-state index is -0.505. The van der Waals surface area contributed by atoms with E-state index in [9.17, 15) is 14.4 Å². The number of carbonyl (C=O) groups is 3. The number of carbonyl (C=O) groups excluding carboxylic acids is 3. The lowest BCUT2D eigenvalue weighted by Crippen LogP contribution is -2.31. The van der Waals surface area contributed by atoms with Gasteiger partial charge in [-0.05, 0) is 49.8 Å². The van der Waals surface area contributed by atoms with Gasteiger partial charge in [0.1, 0.15) is 12.4 Å². The monoisotopic (exact) mass is 428 g/mol. The van der Waals surface area contributed by atoms with Crippen LogP contribution in [-0.4, -0.2) is 41.0 Å². The van der Waals surface area contributed by atoms with Gasteiger partial charge in [0.15, 0.2) is 0 Å². The van der Waals surface area contributed by atoms with Crippen molar-refractivity contribution < 1.29 is 19.1 Å². The molecule has 1 aliphatic rings. The summed E-state index contributed by atoms with van der Waals surface area (Å²) in [5, 5.41) is 5.73. The van der Waals surface area contributed by atoms with Crippen LogP contribution in [0.5, 0.6) is 0 Å². The molecule has 1 aliphatic carbocycles. The van der Waals surface area contributed by atoms with Gasteiger partial charge in [0.05, 0.1) is 24.2 Å². The van der Waals surface area contributed by atoms with Crippen molar-refractivity contribution in [3.05, 3.63) is 29.6 Å². The highest BCUT2D eigenvalue weighted by molar-refractivity contribution is 5.98. The summed E-state index contributed by atoms with van der Waals surface area (Å²) in [6.45, 7) is 6.07. The number of fused-ring (bicyclic) bond motifs is 1. The molecule has 2 N–H and O–H groups in total. The maximum Gasteiger partial charge on any atom is 0.325 e. The molecule has 0 aliphatic heterocycles. The fraction of sp³-hybridized carbons (Fsp3) is 0.565. The number of benzene rings is 1. The number of ether oxygens (including phenoxy) is 1. The molecule has 3 rings (SSSR count). The average Bonchev–Trinajstić information content (AvgIpc) is 3.50. The van der Waals surface area contributed by atoms with Crippen LogP contribution in [0.1, 0.15) is 81.1 Å². The van der Waals surface area contributed by atoms with E-state index in [1.807, 2.05) is 13.0 Å². The number of hydrogen-bond acceptors (Lipinski definition) is 5. The molecule has 31 heavy (non-hydrogen) atoms. The molecule has 0 spiro atoms. The van der Waals surface area contributed by atoms with Crippen molar-refractivity contribution in [3.63, 3.8) is 0 Å². The normalized spacial score (nSPS) is 14.5. The summed E-state index contributed by atoms with van der Waals surface area (Å²) in [6, 6.07) is 5.58. The number of aromatic nitrogens is 2. The average molecular weight is 429 g/mol. The van der Waals surface area contributed by atoms with Crippen molar-refractivity contribution in [2.24, 2.45) is 5.92 Å². The molecule has 0 bridgehead atoms. The van der Waals surface area contributed by atoms with Gasteiger partial charge in [-0.3, -0.25) is 14.4 Å². The van der Waals surface area contributed by atoms with E-state index in [0.29, 0.717) is 29.5 Å². The van der Waals surface area contributed by atoms with E-state index in [0.717, 1.165) is 37.0 Å². The van der Waals surface area contributed by atoms with E-state index >= 15 is 0 Å². The third kappa shape index (κ3) is 5.62. The van der Waals surface area contributed by atoms with Crippen LogP contribution in [-0.2, 0) is 14.3 Å². The molecular weight excluding hydrogens is 396 g/mol. The highest BCUT2D eigenvalue weighted by atomic mass is 16.5. The molecular formula is C23H32N4O4. The number of methoxy groups -OCH3 is 1. The summed E-state index contributed by atoms with van der Waals surface area (Å²) in [7, 11) is 1.28. The molecule has 0 saturated heterocycles. The summed E-state index contributed by atoms with van der Waals surface area (Å²) in [5.41, 5.74) is 2.10. The maximum atomic E-state index is 12.4. The second-order valence-corrected chi connectivity index (χ2v) is 8.53. The Labute approximate surface area is 182 Å². The van der Waals surface area contributed by atoms with Gasteiger partial charge in [-0.25, -0.2) is 4.98 Å². The van der Waals surface area contributed by atoms with Crippen molar-refractivity contribution in [1.29, 1.82) is 0 Å². The van der Waals surface area contributed by atoms with Gasteiger partial charge in [-0.15, -0.1) is 0 Å². The Bertz CT molecular complexity index is 962. The quantitative estimate of drug-likeness (QED) is 0.566. The summed E-state index contributed by atoms with van der Waals surface area (Å²) < 4.78 is 6.79. The zero-order valence-electron chi connectivity index (χ0n) is 18.7. The molecule has 8 heteroatoms. The second kappa shape index (κ2) is 9.94. The molecule has 0 radical (unpaired) electrons. The molecule has 2 amide bonds. The molecule has 168 valence electrons. The van der Waals surface area contributed by atoms with Gasteiger partial charge in [0.2, 0.25) is 5.91 Å². The van der Waals surface area contributed by atoms with E-state index in [2.05, 4.69) is 33.8 Å². The lowest BCUT2D eigenvalue weighted by Gasteiger charge is -2.21. The number of esters is 1. The number of nitrogens with one attached hydrogen (secondary N) is 2. The summed E-state index contributed by atoms with van der Waals surface area (Å²) in [6.07, 6.45) is 4.23. The molecule has 1 unspecified atom stereocenters. The predicted molar refractivity (Wildman–Crippen MR) is 118 cm³/mol. The van der Waals surface area contributed by atoms with E-state index < -0.39 is 5.97 Å². The van der Waals surface area contributed by atoms with Gasteiger partial charge in [-0.2, -0.15) is 0 Å². The Morgan fingerprint density at radius 2 is 2.00 bits per heavy atom. The van der Waals surface area contributed by atoms with Crippen LogP contribution < -0.4 is 10.6 Å². The van der Waals surface area contributed by atoms with Crippen LogP contribution in [0, 0.1) is 5.92 Å². The Morgan fingerprint density at radius 3 is 2.61 bits per heavy atom. The summed E-state index contributed by atoms with van der Waals surface area (Å²) in [5.74, 6) is 0.408. The van der Waals surface area contributed by atoms with E-state index in [-0.39, 0.29) is 24.4 Å². The van der Waals surface area contributed by atoms with Crippen molar-refractivity contribution in [3.8, 4) is 0 Å². The second-order valence-electron chi connectivity index (χ2n) is 8.53. The molecule has 1 aromatic heterocycles. The van der Waals surface area contributed by atoms with Crippen LogP contribution in [0.3, 0.4) is 0 Å². The highest BCUT2D eigenvalue weighted by Gasteiger charge is 2.32. The number of imidazole rings is 1. The van der Waals surface area contributed by atoms with E-state index in [1.54, 1.807) is 12.1 Å². The fourth-order valence-electron chi connectivity index (χ4n) is 3.74. The van der Waals surface area contributed by atoms with Crippen LogP contribution in [0.2, 0.25) is 0 Å². The Balaban J connectivity index is 1.94. The van der Waals surface area contributed by atoms with Gasteiger partial charge in [0.25, 0.3) is 5.91 Å². The first-order chi connectivity index (χ1) is 14.8. The number of hydrogen-bond donors (Lipinski definition) is 2. The Morgan fingerprint density at radius 1 is 1.26 bits per heavy atom. The third-order valence-corrected chi connectivity index (χ3v) is 5.34. The Hall–Kier alpha value is -2.90. The smallest absolute Gasteiger partial charge is 0.325 e. The first kappa shape index (κ1) is 22.8. The number of nitrogens with zero attached hydrogens (tertiary/aromatic N) is 2. The van der Waals surface area contributed by atoms with Crippen LogP contribution in [0.15, 0.2) is 18.2 Å². The molecule has 1 atom stereocenters. The predicted octanol–water partition coefficient (Wildman–Crippen LogP) is 3.28. The van der Waals surface area contributed by atoms with Crippen molar-refractivity contribution >= 4 is 28.8 Å². The van der Waals surface area contributed by atoms with E-state index in [4.69, 9.17) is 4.98 Å². The zero-order chi connectivity index (χ0) is 22.5. The third-order valence-electron chi connectivity index (χ3n) is 5.34.